The molecule has 17 heteroatoms. The summed E-state index contributed by atoms with van der Waals surface area (Å²) in [6.07, 6.45) is 6.65. The number of benzene rings is 3. The van der Waals surface area contributed by atoms with Gasteiger partial charge in [0.25, 0.3) is 0 Å². The highest BCUT2D eigenvalue weighted by molar-refractivity contribution is 6.03. The van der Waals surface area contributed by atoms with Crippen molar-refractivity contribution in [3.05, 3.63) is 102 Å². The summed E-state index contributed by atoms with van der Waals surface area (Å²) < 4.78 is 48.6. The van der Waals surface area contributed by atoms with E-state index in [9.17, 15) is 24.9 Å². The first-order valence-electron chi connectivity index (χ1n) is 23.3. The molecular formula is C51H67N3O14. The second-order valence-corrected chi connectivity index (χ2v) is 16.7. The number of hydrogen-bond acceptors (Lipinski definition) is 15. The lowest BCUT2D eigenvalue weighted by Gasteiger charge is -2.59. The molecule has 17 nitrogen and oxygen atoms in total. The van der Waals surface area contributed by atoms with Gasteiger partial charge in [0, 0.05) is 43.7 Å². The number of hydrogen-bond donors (Lipinski definition) is 4. The number of nitrogens with zero attached hydrogens (tertiary/aromatic N) is 2. The number of allylic oxidation sites excluding steroid dienone is 1. The van der Waals surface area contributed by atoms with E-state index in [-0.39, 0.29) is 83.4 Å². The quantitative estimate of drug-likeness (QED) is 0.0338. The highest BCUT2D eigenvalue weighted by atomic mass is 16.7. The standard InChI is InChI=1S/C51H67N3O14/c1-5-25-66-51-46(54(21-26-63-27-24-57)50(59)65-29-28-64-34-35-13-7-6-8-14-35)33-43(53-62-4)40-30-36(15-9-11-22-55)39(16-10-12-23-56)47(48(40)51)41-31-38(18-20-44(41)68-51)67-49(58)52-42-19-17-37(60-2)32-45(42)61-3/h5-8,13-14,17-20,30-32,36,39,46-48,55-57H,1,9-12,15-16,21-29,33-34H2,2-4H3,(H,52,58)/t36-,39+,46-,47+,48+,51+/m0/s1. The summed E-state index contributed by atoms with van der Waals surface area (Å²) in [6, 6.07) is 19.0. The molecule has 4 N–H and O–H groups in total. The number of ether oxygens (including phenoxy) is 8. The van der Waals surface area contributed by atoms with Gasteiger partial charge in [0.15, 0.2) is 0 Å². The summed E-state index contributed by atoms with van der Waals surface area (Å²) in [5.74, 6) is -1.09. The molecular weight excluding hydrogens is 879 g/mol. The highest BCUT2D eigenvalue weighted by Gasteiger charge is 2.65. The maximum Gasteiger partial charge on any atom is 0.417 e. The molecule has 1 fully saturated rings. The number of fused-ring (bicyclic) bond motifs is 2. The zero-order valence-corrected chi connectivity index (χ0v) is 39.3. The molecule has 2 amide bonds. The molecule has 0 bridgehead atoms. The maximum atomic E-state index is 14.6. The first-order valence-corrected chi connectivity index (χ1v) is 23.3. The van der Waals surface area contributed by atoms with Gasteiger partial charge in [-0.25, -0.2) is 9.59 Å². The molecule has 0 saturated heterocycles. The number of anilines is 1. The third kappa shape index (κ3) is 12.7. The van der Waals surface area contributed by atoms with E-state index in [1.807, 2.05) is 36.4 Å². The minimum atomic E-state index is -1.58. The van der Waals surface area contributed by atoms with Crippen LogP contribution in [0.5, 0.6) is 23.0 Å². The number of amides is 2. The van der Waals surface area contributed by atoms with Crippen LogP contribution in [0.1, 0.15) is 62.0 Å². The van der Waals surface area contributed by atoms with E-state index in [0.717, 1.165) is 29.5 Å². The number of aliphatic hydroxyl groups is 3. The SMILES string of the molecule is C=CCO[C@@]12Oc3ccc(OC(=O)Nc4ccc(OC)cc4OC)cc3[C@H]3[C@H](CCCCO)[C@@H](CCCCO)C=C(C(=NOC)C[C@@H]1N(CCOCCO)C(=O)OCCOCc1ccccc1)[C@H]32. The summed E-state index contributed by atoms with van der Waals surface area (Å²) >= 11 is 0. The van der Waals surface area contributed by atoms with Crippen molar-refractivity contribution >= 4 is 23.6 Å². The van der Waals surface area contributed by atoms with Gasteiger partial charge in [-0.3, -0.25) is 10.2 Å². The molecule has 3 aromatic rings. The van der Waals surface area contributed by atoms with E-state index in [2.05, 4.69) is 23.1 Å². The van der Waals surface area contributed by atoms with Crippen molar-refractivity contribution in [2.75, 3.05) is 86.0 Å². The number of carbonyl (C=O) groups is 2. The van der Waals surface area contributed by atoms with Crippen LogP contribution in [0.25, 0.3) is 0 Å². The van der Waals surface area contributed by atoms with Gasteiger partial charge < -0.3 is 58.1 Å². The molecule has 6 rings (SSSR count). The van der Waals surface area contributed by atoms with E-state index in [1.165, 1.54) is 21.3 Å². The molecule has 0 unspecified atom stereocenters. The molecule has 2 aliphatic carbocycles. The van der Waals surface area contributed by atoms with Gasteiger partial charge in [-0.15, -0.1) is 6.58 Å². The molecule has 6 atom stereocenters. The Balaban J connectivity index is 1.45. The van der Waals surface area contributed by atoms with Crippen LogP contribution in [-0.4, -0.2) is 131 Å². The van der Waals surface area contributed by atoms with Gasteiger partial charge in [-0.05, 0) is 79.0 Å². The molecule has 1 saturated carbocycles. The minimum Gasteiger partial charge on any atom is -0.497 e. The minimum absolute atomic E-state index is 0.0225. The van der Waals surface area contributed by atoms with Gasteiger partial charge >= 0.3 is 12.2 Å². The third-order valence-corrected chi connectivity index (χ3v) is 12.6. The Labute approximate surface area is 398 Å². The fourth-order valence-corrected chi connectivity index (χ4v) is 9.71. The molecule has 1 heterocycles. The first kappa shape index (κ1) is 51.7. The van der Waals surface area contributed by atoms with Crippen molar-refractivity contribution in [3.63, 3.8) is 0 Å². The Morgan fingerprint density at radius 3 is 2.38 bits per heavy atom. The Hall–Kier alpha value is -5.69. The topological polar surface area (TPSA) is 206 Å². The second kappa shape index (κ2) is 26.2. The predicted octanol–water partition coefficient (Wildman–Crippen LogP) is 7.24. The Kier molecular flexibility index (Phi) is 19.9. The maximum absolute atomic E-state index is 14.6. The molecule has 0 aromatic heterocycles. The molecule has 68 heavy (non-hydrogen) atoms. The van der Waals surface area contributed by atoms with E-state index in [4.69, 9.17) is 42.7 Å². The zero-order valence-electron chi connectivity index (χ0n) is 39.3. The first-order chi connectivity index (χ1) is 33.2. The van der Waals surface area contributed by atoms with E-state index in [0.29, 0.717) is 60.9 Å². The van der Waals surface area contributed by atoms with E-state index < -0.39 is 35.9 Å². The van der Waals surface area contributed by atoms with Crippen LogP contribution in [-0.2, 0) is 30.4 Å². The van der Waals surface area contributed by atoms with Crippen molar-refractivity contribution < 1.29 is 67.6 Å². The highest BCUT2D eigenvalue weighted by Crippen LogP contribution is 2.62. The van der Waals surface area contributed by atoms with Crippen molar-refractivity contribution in [2.24, 2.45) is 22.9 Å². The number of carbonyl (C=O) groups excluding carboxylic acids is 2. The van der Waals surface area contributed by atoms with E-state index >= 15 is 0 Å². The van der Waals surface area contributed by atoms with Crippen LogP contribution < -0.4 is 24.3 Å². The van der Waals surface area contributed by atoms with E-state index in [1.54, 1.807) is 41.3 Å². The van der Waals surface area contributed by atoms with Crippen molar-refractivity contribution in [1.29, 1.82) is 0 Å². The van der Waals surface area contributed by atoms with Gasteiger partial charge in [0.1, 0.15) is 42.8 Å². The lowest BCUT2D eigenvalue weighted by atomic mass is 9.55. The number of nitrogens with one attached hydrogen (secondary N) is 1. The fourth-order valence-electron chi connectivity index (χ4n) is 9.71. The van der Waals surface area contributed by atoms with Crippen LogP contribution in [0, 0.1) is 17.8 Å². The Morgan fingerprint density at radius 1 is 0.882 bits per heavy atom. The Morgan fingerprint density at radius 2 is 1.66 bits per heavy atom. The summed E-state index contributed by atoms with van der Waals surface area (Å²) in [5, 5.41) is 36.8. The summed E-state index contributed by atoms with van der Waals surface area (Å²) in [7, 11) is 4.50. The average molecular weight is 946 g/mol. The van der Waals surface area contributed by atoms with Crippen LogP contribution in [0.15, 0.2) is 96.2 Å². The molecule has 0 radical (unpaired) electrons. The van der Waals surface area contributed by atoms with Gasteiger partial charge in [0.2, 0.25) is 5.79 Å². The van der Waals surface area contributed by atoms with Crippen LogP contribution in [0.3, 0.4) is 0 Å². The molecule has 370 valence electrons. The van der Waals surface area contributed by atoms with Crippen LogP contribution >= 0.6 is 0 Å². The number of methoxy groups -OCH3 is 2. The summed E-state index contributed by atoms with van der Waals surface area (Å²) in [4.78, 5) is 35.3. The number of unbranched alkanes of at least 4 members (excludes halogenated alkanes) is 2. The fraction of sp³-hybridized carbons (Fsp3) is 0.510. The summed E-state index contributed by atoms with van der Waals surface area (Å²) in [5.41, 5.74) is 3.52. The smallest absolute Gasteiger partial charge is 0.417 e. The molecule has 0 spiro atoms. The normalized spacial score (nSPS) is 21.9. The van der Waals surface area contributed by atoms with Gasteiger partial charge in [-0.2, -0.15) is 0 Å². The van der Waals surface area contributed by atoms with Crippen molar-refractivity contribution in [2.45, 2.75) is 69.3 Å². The van der Waals surface area contributed by atoms with Crippen LogP contribution in [0.2, 0.25) is 0 Å². The third-order valence-electron chi connectivity index (χ3n) is 12.6. The molecule has 1 aliphatic heterocycles. The van der Waals surface area contributed by atoms with Crippen molar-refractivity contribution in [3.8, 4) is 23.0 Å². The van der Waals surface area contributed by atoms with Crippen molar-refractivity contribution in [1.82, 2.24) is 4.90 Å². The zero-order chi connectivity index (χ0) is 48.3. The monoisotopic (exact) mass is 945 g/mol. The lowest BCUT2D eigenvalue weighted by Crippen LogP contribution is -2.70. The van der Waals surface area contributed by atoms with Gasteiger partial charge in [-0.1, -0.05) is 60.5 Å². The second-order valence-electron chi connectivity index (χ2n) is 16.7. The number of rotatable bonds is 27. The van der Waals surface area contributed by atoms with Gasteiger partial charge in [0.05, 0.1) is 71.2 Å². The predicted molar refractivity (Wildman–Crippen MR) is 253 cm³/mol. The molecule has 3 aromatic carbocycles. The lowest BCUT2D eigenvalue weighted by molar-refractivity contribution is -0.256. The largest absolute Gasteiger partial charge is 0.497 e. The number of oxime groups is 1. The molecule has 3 aliphatic rings. The average Bonchev–Trinajstić information content (AvgIpc) is 3.35. The summed E-state index contributed by atoms with van der Waals surface area (Å²) in [6.45, 7) is 4.48. The number of aliphatic hydroxyl groups excluding tert-OH is 3. The Bertz CT molecular complexity index is 2150. The van der Waals surface area contributed by atoms with Crippen LogP contribution in [0.4, 0.5) is 15.3 Å².